The average molecular weight is 473 g/mol. The Hall–Kier alpha value is -4.10. The van der Waals surface area contributed by atoms with Crippen LogP contribution >= 0.6 is 0 Å². The maximum absolute atomic E-state index is 13.4. The van der Waals surface area contributed by atoms with Crippen molar-refractivity contribution >= 4 is 27.3 Å². The van der Waals surface area contributed by atoms with Crippen molar-refractivity contribution in [3.63, 3.8) is 0 Å². The molecule has 172 valence electrons. The number of benzene rings is 4. The highest BCUT2D eigenvalue weighted by Gasteiger charge is 2.27. The molecule has 0 radical (unpaired) electrons. The first-order valence-electron chi connectivity index (χ1n) is 10.7. The molecule has 7 heteroatoms. The Morgan fingerprint density at radius 2 is 1.38 bits per heavy atom. The number of ether oxygens (including phenoxy) is 1. The topological polar surface area (TPSA) is 75.7 Å². The molecule has 4 aromatic carbocycles. The Kier molecular flexibility index (Phi) is 6.94. The third-order valence-electron chi connectivity index (χ3n) is 5.07. The lowest BCUT2D eigenvalue weighted by atomic mass is 10.2. The predicted octanol–water partition coefficient (Wildman–Crippen LogP) is 5.62. The van der Waals surface area contributed by atoms with Gasteiger partial charge in [-0.1, -0.05) is 66.2 Å². The molecule has 4 rings (SSSR count). The van der Waals surface area contributed by atoms with Gasteiger partial charge in [-0.25, -0.2) is 8.42 Å². The third-order valence-corrected chi connectivity index (χ3v) is 6.86. The number of rotatable bonds is 8. The zero-order valence-electron chi connectivity index (χ0n) is 18.6. The molecule has 34 heavy (non-hydrogen) atoms. The number of carbonyl (C=O) groups excluding carboxylic acids is 1. The molecule has 0 unspecified atom stereocenters. The van der Waals surface area contributed by atoms with E-state index in [0.717, 1.165) is 9.87 Å². The standard InChI is InChI=1S/C27H24N2O4S/c1-21-16-18-22(19-17-21)29(34(31,32)24-12-6-3-7-13-24)20-27(30)28-25-14-8-9-15-26(25)33-23-10-4-2-5-11-23/h2-19H,20H2,1H3,(H,28,30). The number of sulfonamides is 1. The number of para-hydroxylation sites is 3. The van der Waals surface area contributed by atoms with Crippen molar-refractivity contribution < 1.29 is 17.9 Å². The number of anilines is 2. The first kappa shape index (κ1) is 23.1. The van der Waals surface area contributed by atoms with Gasteiger partial charge in [0, 0.05) is 0 Å². The second kappa shape index (κ2) is 10.2. The minimum absolute atomic E-state index is 0.108. The van der Waals surface area contributed by atoms with Gasteiger partial charge in [0.25, 0.3) is 10.0 Å². The van der Waals surface area contributed by atoms with E-state index < -0.39 is 22.5 Å². The normalized spacial score (nSPS) is 11.0. The van der Waals surface area contributed by atoms with E-state index in [9.17, 15) is 13.2 Å². The van der Waals surface area contributed by atoms with Crippen molar-refractivity contribution in [3.8, 4) is 11.5 Å². The molecule has 0 fully saturated rings. The second-order valence-electron chi connectivity index (χ2n) is 7.62. The average Bonchev–Trinajstić information content (AvgIpc) is 2.85. The molecule has 1 amide bonds. The maximum Gasteiger partial charge on any atom is 0.264 e. The van der Waals surface area contributed by atoms with Crippen LogP contribution in [0.4, 0.5) is 11.4 Å². The zero-order chi connectivity index (χ0) is 24.0. The summed E-state index contributed by atoms with van der Waals surface area (Å²) in [4.78, 5) is 13.2. The molecule has 0 saturated heterocycles. The van der Waals surface area contributed by atoms with Gasteiger partial charge in [-0.2, -0.15) is 0 Å². The number of aryl methyl sites for hydroxylation is 1. The van der Waals surface area contributed by atoms with Crippen LogP contribution in [0.2, 0.25) is 0 Å². The van der Waals surface area contributed by atoms with Gasteiger partial charge in [0.05, 0.1) is 16.3 Å². The first-order chi connectivity index (χ1) is 16.4. The van der Waals surface area contributed by atoms with Crippen molar-refractivity contribution in [3.05, 3.63) is 115 Å². The maximum atomic E-state index is 13.4. The highest BCUT2D eigenvalue weighted by molar-refractivity contribution is 7.92. The summed E-state index contributed by atoms with van der Waals surface area (Å²) in [6, 6.07) is 31.3. The van der Waals surface area contributed by atoms with Gasteiger partial charge in [-0.15, -0.1) is 0 Å². The van der Waals surface area contributed by atoms with Gasteiger partial charge < -0.3 is 10.1 Å². The van der Waals surface area contributed by atoms with E-state index in [2.05, 4.69) is 5.32 Å². The molecule has 6 nitrogen and oxygen atoms in total. The molecule has 0 bridgehead atoms. The minimum atomic E-state index is -3.97. The van der Waals surface area contributed by atoms with E-state index in [1.165, 1.54) is 12.1 Å². The number of carbonyl (C=O) groups is 1. The number of amides is 1. The van der Waals surface area contributed by atoms with E-state index in [0.29, 0.717) is 22.9 Å². The molecule has 0 aromatic heterocycles. The Morgan fingerprint density at radius 3 is 2.06 bits per heavy atom. The monoisotopic (exact) mass is 472 g/mol. The number of nitrogens with one attached hydrogen (secondary N) is 1. The van der Waals surface area contributed by atoms with Crippen LogP contribution in [0.25, 0.3) is 0 Å². The fourth-order valence-electron chi connectivity index (χ4n) is 3.34. The van der Waals surface area contributed by atoms with Crippen LogP contribution < -0.4 is 14.4 Å². The molecule has 0 aliphatic carbocycles. The Labute approximate surface area is 199 Å². The van der Waals surface area contributed by atoms with Crippen LogP contribution in [0, 0.1) is 6.92 Å². The van der Waals surface area contributed by atoms with Crippen LogP contribution in [-0.4, -0.2) is 20.9 Å². The summed E-state index contributed by atoms with van der Waals surface area (Å²) in [5.41, 5.74) is 1.83. The molecule has 0 aliphatic rings. The number of nitrogens with zero attached hydrogens (tertiary/aromatic N) is 1. The second-order valence-corrected chi connectivity index (χ2v) is 9.48. The minimum Gasteiger partial charge on any atom is -0.455 e. The molecule has 0 saturated carbocycles. The number of hydrogen-bond acceptors (Lipinski definition) is 4. The Balaban J connectivity index is 1.60. The van der Waals surface area contributed by atoms with Crippen molar-refractivity contribution in [2.45, 2.75) is 11.8 Å². The number of hydrogen-bond donors (Lipinski definition) is 1. The zero-order valence-corrected chi connectivity index (χ0v) is 19.4. The fourth-order valence-corrected chi connectivity index (χ4v) is 4.78. The molecular formula is C27H24N2O4S. The summed E-state index contributed by atoms with van der Waals surface area (Å²) >= 11 is 0. The van der Waals surface area contributed by atoms with Gasteiger partial charge in [-0.3, -0.25) is 9.10 Å². The van der Waals surface area contributed by atoms with Crippen molar-refractivity contribution in [2.24, 2.45) is 0 Å². The molecule has 0 aliphatic heterocycles. The molecule has 0 heterocycles. The van der Waals surface area contributed by atoms with Gasteiger partial charge in [-0.05, 0) is 55.5 Å². The van der Waals surface area contributed by atoms with Gasteiger partial charge in [0.2, 0.25) is 5.91 Å². The predicted molar refractivity (Wildman–Crippen MR) is 134 cm³/mol. The van der Waals surface area contributed by atoms with Crippen molar-refractivity contribution in [1.29, 1.82) is 0 Å². The van der Waals surface area contributed by atoms with Crippen LogP contribution in [0.15, 0.2) is 114 Å². The summed E-state index contributed by atoms with van der Waals surface area (Å²) in [5, 5.41) is 2.80. The highest BCUT2D eigenvalue weighted by Crippen LogP contribution is 2.30. The van der Waals surface area contributed by atoms with Gasteiger partial charge >= 0.3 is 0 Å². The summed E-state index contributed by atoms with van der Waals surface area (Å²) < 4.78 is 33.9. The quantitative estimate of drug-likeness (QED) is 0.361. The summed E-state index contributed by atoms with van der Waals surface area (Å²) in [6.45, 7) is 1.51. The largest absolute Gasteiger partial charge is 0.455 e. The van der Waals surface area contributed by atoms with E-state index in [4.69, 9.17) is 4.74 Å². The van der Waals surface area contributed by atoms with E-state index >= 15 is 0 Å². The van der Waals surface area contributed by atoms with Gasteiger partial charge in [0.15, 0.2) is 5.75 Å². The van der Waals surface area contributed by atoms with Gasteiger partial charge in [0.1, 0.15) is 12.3 Å². The van der Waals surface area contributed by atoms with Crippen molar-refractivity contribution in [2.75, 3.05) is 16.2 Å². The first-order valence-corrected chi connectivity index (χ1v) is 12.1. The van der Waals surface area contributed by atoms with E-state index in [-0.39, 0.29) is 4.90 Å². The van der Waals surface area contributed by atoms with Crippen LogP contribution in [0.3, 0.4) is 0 Å². The summed E-state index contributed by atoms with van der Waals surface area (Å²) in [6.07, 6.45) is 0. The smallest absolute Gasteiger partial charge is 0.264 e. The van der Waals surface area contributed by atoms with Crippen LogP contribution in [-0.2, 0) is 14.8 Å². The SMILES string of the molecule is Cc1ccc(N(CC(=O)Nc2ccccc2Oc2ccccc2)S(=O)(=O)c2ccccc2)cc1. The van der Waals surface area contributed by atoms with Crippen molar-refractivity contribution in [1.82, 2.24) is 0 Å². The molecular weight excluding hydrogens is 448 g/mol. The molecule has 1 N–H and O–H groups in total. The summed E-state index contributed by atoms with van der Waals surface area (Å²) in [7, 11) is -3.97. The third kappa shape index (κ3) is 5.44. The Bertz CT molecular complexity index is 1360. The summed E-state index contributed by atoms with van der Waals surface area (Å²) in [5.74, 6) is 0.580. The lowest BCUT2D eigenvalue weighted by Gasteiger charge is -2.24. The van der Waals surface area contributed by atoms with Crippen LogP contribution in [0.5, 0.6) is 11.5 Å². The highest BCUT2D eigenvalue weighted by atomic mass is 32.2. The lowest BCUT2D eigenvalue weighted by Crippen LogP contribution is -2.38. The molecule has 0 atom stereocenters. The molecule has 0 spiro atoms. The lowest BCUT2D eigenvalue weighted by molar-refractivity contribution is -0.114. The molecule has 4 aromatic rings. The van der Waals surface area contributed by atoms with Crippen LogP contribution in [0.1, 0.15) is 5.56 Å². The van der Waals surface area contributed by atoms with E-state index in [1.54, 1.807) is 54.6 Å². The Morgan fingerprint density at radius 1 is 0.794 bits per heavy atom. The fraction of sp³-hybridized carbons (Fsp3) is 0.0741. The van der Waals surface area contributed by atoms with E-state index in [1.807, 2.05) is 49.4 Å².